The first-order chi connectivity index (χ1) is 9.96. The molecule has 1 aromatic carbocycles. The van der Waals surface area contributed by atoms with Gasteiger partial charge in [-0.15, -0.1) is 5.26 Å². The number of hydrogen-bond donors (Lipinski definition) is 1. The molecule has 0 spiro atoms. The van der Waals surface area contributed by atoms with Crippen molar-refractivity contribution < 1.29 is 18.8 Å². The summed E-state index contributed by atoms with van der Waals surface area (Å²) in [6.07, 6.45) is 2.16. The van der Waals surface area contributed by atoms with Crippen LogP contribution in [0, 0.1) is 11.5 Å². The zero-order chi connectivity index (χ0) is 15.7. The van der Waals surface area contributed by atoms with Crippen LogP contribution < -0.4 is 10.1 Å². The summed E-state index contributed by atoms with van der Waals surface area (Å²) in [7, 11) is 4.21. The molecule has 0 aliphatic heterocycles. The van der Waals surface area contributed by atoms with Crippen LogP contribution in [-0.4, -0.2) is 44.4 Å². The minimum absolute atomic E-state index is 0.354. The van der Waals surface area contributed by atoms with Gasteiger partial charge in [0.15, 0.2) is 0 Å². The molecule has 0 heterocycles. The number of carbonyl (C=O) groups excluding carboxylic acids is 1. The van der Waals surface area contributed by atoms with Crippen molar-refractivity contribution in [1.82, 2.24) is 0 Å². The molecule has 0 fully saturated rings. The van der Waals surface area contributed by atoms with Gasteiger partial charge in [-0.2, -0.15) is 0 Å². The number of likely N-dealkylation sites (N-methyl/N-ethyl adjacent to an activating group) is 1. The van der Waals surface area contributed by atoms with Crippen LogP contribution in [0.1, 0.15) is 13.3 Å². The third-order valence-corrected chi connectivity index (χ3v) is 3.00. The van der Waals surface area contributed by atoms with E-state index in [1.165, 1.54) is 0 Å². The third kappa shape index (κ3) is 6.63. The number of hydrogen-bond acceptors (Lipinski definition) is 4. The highest BCUT2D eigenvalue weighted by molar-refractivity contribution is 5.84. The molecule has 1 amide bonds. The second-order valence-electron chi connectivity index (χ2n) is 5.37. The Kier molecular flexibility index (Phi) is 6.50. The van der Waals surface area contributed by atoms with Gasteiger partial charge in [0.1, 0.15) is 18.9 Å². The van der Waals surface area contributed by atoms with Crippen molar-refractivity contribution in [1.29, 1.82) is 5.26 Å². The fourth-order valence-corrected chi connectivity index (χ4v) is 1.95. The Morgan fingerprint density at radius 1 is 1.38 bits per heavy atom. The Bertz CT molecular complexity index is 509. The lowest BCUT2D eigenvalue weighted by atomic mass is 10.3. The van der Waals surface area contributed by atoms with Crippen molar-refractivity contribution in [2.45, 2.75) is 13.3 Å². The molecule has 0 aromatic heterocycles. The van der Waals surface area contributed by atoms with Gasteiger partial charge in [0.25, 0.3) is 6.26 Å². The molecule has 1 rings (SSSR count). The van der Waals surface area contributed by atoms with Gasteiger partial charge in [-0.3, -0.25) is 5.32 Å². The maximum absolute atomic E-state index is 11.7. The van der Waals surface area contributed by atoms with Gasteiger partial charge in [-0.05, 0) is 18.6 Å². The van der Waals surface area contributed by atoms with Gasteiger partial charge in [-0.1, -0.05) is 13.0 Å². The van der Waals surface area contributed by atoms with Crippen LogP contribution in [0.4, 0.5) is 10.5 Å². The summed E-state index contributed by atoms with van der Waals surface area (Å²) in [6, 6.07) is 6.57. The zero-order valence-corrected chi connectivity index (χ0v) is 12.8. The summed E-state index contributed by atoms with van der Waals surface area (Å²) in [5.74, 6) is 0.371. The molecular weight excluding hydrogens is 270 g/mol. The third-order valence-electron chi connectivity index (χ3n) is 3.00. The number of ether oxygens (including phenoxy) is 2. The fraction of sp³-hybridized carbons (Fsp3) is 0.467. The van der Waals surface area contributed by atoms with Crippen LogP contribution in [0.15, 0.2) is 24.3 Å². The fourth-order valence-electron chi connectivity index (χ4n) is 1.95. The molecule has 0 unspecified atom stereocenters. The number of anilines is 1. The Morgan fingerprint density at radius 2 is 2.14 bits per heavy atom. The van der Waals surface area contributed by atoms with E-state index < -0.39 is 6.09 Å². The summed E-state index contributed by atoms with van der Waals surface area (Å²) in [5.41, 5.74) is 0.523. The van der Waals surface area contributed by atoms with Crippen LogP contribution in [0.3, 0.4) is 0 Å². The van der Waals surface area contributed by atoms with Crippen molar-refractivity contribution in [3.8, 4) is 12.0 Å². The van der Waals surface area contributed by atoms with Crippen LogP contribution in [0.2, 0.25) is 0 Å². The first-order valence-corrected chi connectivity index (χ1v) is 6.88. The van der Waals surface area contributed by atoms with Crippen molar-refractivity contribution >= 4 is 11.8 Å². The molecule has 1 aromatic rings. The largest absolute Gasteiger partial charge is 0.443 e. The van der Waals surface area contributed by atoms with Gasteiger partial charge in [0, 0.05) is 11.8 Å². The molecule has 0 bridgehead atoms. The quantitative estimate of drug-likeness (QED) is 0.619. The van der Waals surface area contributed by atoms with E-state index in [-0.39, 0.29) is 0 Å². The van der Waals surface area contributed by atoms with Gasteiger partial charge in [-0.25, -0.2) is 4.79 Å². The number of nitriles is 1. The topological polar surface area (TPSA) is 71.3 Å². The second-order valence-corrected chi connectivity index (χ2v) is 5.37. The standard InChI is InChI=1S/C15H21N3O3/c1-4-8-18(2,3)9-10-20-15(19)17-13-6-5-7-14(11-13)21-12-16/h5-7,11H,4,8-10H2,1-3H3/p+1. The van der Waals surface area contributed by atoms with E-state index in [4.69, 9.17) is 14.7 Å². The maximum atomic E-state index is 11.7. The molecule has 21 heavy (non-hydrogen) atoms. The monoisotopic (exact) mass is 292 g/mol. The van der Waals surface area contributed by atoms with E-state index in [0.29, 0.717) is 18.0 Å². The summed E-state index contributed by atoms with van der Waals surface area (Å²) < 4.78 is 10.7. The molecule has 0 saturated heterocycles. The highest BCUT2D eigenvalue weighted by Crippen LogP contribution is 2.17. The lowest BCUT2D eigenvalue weighted by Gasteiger charge is -2.28. The lowest BCUT2D eigenvalue weighted by Crippen LogP contribution is -2.43. The molecule has 0 atom stereocenters. The second kappa shape index (κ2) is 8.12. The van der Waals surface area contributed by atoms with Crippen molar-refractivity contribution in [3.63, 3.8) is 0 Å². The summed E-state index contributed by atoms with van der Waals surface area (Å²) in [4.78, 5) is 11.7. The van der Waals surface area contributed by atoms with Crippen LogP contribution in [0.5, 0.6) is 5.75 Å². The lowest BCUT2D eigenvalue weighted by molar-refractivity contribution is -0.890. The van der Waals surface area contributed by atoms with Gasteiger partial charge < -0.3 is 14.0 Å². The minimum atomic E-state index is -0.513. The van der Waals surface area contributed by atoms with E-state index in [1.54, 1.807) is 30.5 Å². The van der Waals surface area contributed by atoms with E-state index >= 15 is 0 Å². The van der Waals surface area contributed by atoms with Crippen molar-refractivity contribution in [2.24, 2.45) is 0 Å². The first kappa shape index (κ1) is 16.8. The first-order valence-electron chi connectivity index (χ1n) is 6.88. The smallest absolute Gasteiger partial charge is 0.411 e. The molecule has 1 N–H and O–H groups in total. The number of amides is 1. The van der Waals surface area contributed by atoms with Crippen LogP contribution in [0.25, 0.3) is 0 Å². The Morgan fingerprint density at radius 3 is 2.81 bits per heavy atom. The minimum Gasteiger partial charge on any atom is -0.443 e. The summed E-state index contributed by atoms with van der Waals surface area (Å²) in [5, 5.41) is 11.0. The van der Waals surface area contributed by atoms with Crippen LogP contribution in [-0.2, 0) is 4.74 Å². The average Bonchev–Trinajstić information content (AvgIpc) is 2.39. The number of nitrogens with one attached hydrogen (secondary N) is 1. The van der Waals surface area contributed by atoms with E-state index in [0.717, 1.165) is 24.0 Å². The summed E-state index contributed by atoms with van der Waals surface area (Å²) in [6.45, 7) is 4.29. The molecule has 0 radical (unpaired) electrons. The number of quaternary nitrogens is 1. The van der Waals surface area contributed by atoms with Gasteiger partial charge >= 0.3 is 6.09 Å². The van der Waals surface area contributed by atoms with E-state index in [1.807, 2.05) is 0 Å². The molecule has 114 valence electrons. The maximum Gasteiger partial charge on any atom is 0.411 e. The Balaban J connectivity index is 2.40. The van der Waals surface area contributed by atoms with Crippen molar-refractivity contribution in [3.05, 3.63) is 24.3 Å². The van der Waals surface area contributed by atoms with E-state index in [9.17, 15) is 4.79 Å². The SMILES string of the molecule is CCC[N+](C)(C)CCOC(=O)Nc1cccc(OC#N)c1. The molecule has 0 aliphatic rings. The molecule has 0 aliphatic carbocycles. The van der Waals surface area contributed by atoms with Gasteiger partial charge in [0.05, 0.1) is 20.6 Å². The molecule has 0 saturated carbocycles. The molecule has 6 heteroatoms. The number of rotatable bonds is 7. The molecular formula is C15H22N3O3+. The number of nitrogens with zero attached hydrogens (tertiary/aromatic N) is 2. The predicted molar refractivity (Wildman–Crippen MR) is 79.8 cm³/mol. The zero-order valence-electron chi connectivity index (χ0n) is 12.8. The number of carbonyl (C=O) groups is 1. The molecule has 6 nitrogen and oxygen atoms in total. The average molecular weight is 292 g/mol. The Labute approximate surface area is 125 Å². The van der Waals surface area contributed by atoms with Crippen LogP contribution >= 0.6 is 0 Å². The van der Waals surface area contributed by atoms with E-state index in [2.05, 4.69) is 26.3 Å². The Hall–Kier alpha value is -2.26. The highest BCUT2D eigenvalue weighted by Gasteiger charge is 2.14. The predicted octanol–water partition coefficient (Wildman–Crippen LogP) is 2.58. The summed E-state index contributed by atoms with van der Waals surface area (Å²) >= 11 is 0. The number of benzene rings is 1. The van der Waals surface area contributed by atoms with Gasteiger partial charge in [0.2, 0.25) is 0 Å². The van der Waals surface area contributed by atoms with Crippen molar-refractivity contribution in [2.75, 3.05) is 39.1 Å². The highest BCUT2D eigenvalue weighted by atomic mass is 16.5. The normalized spacial score (nSPS) is 10.6.